The lowest BCUT2D eigenvalue weighted by Gasteiger charge is -2.15. The molecule has 0 heteroatoms. The van der Waals surface area contributed by atoms with Gasteiger partial charge in [0.05, 0.1) is 0 Å². The highest BCUT2D eigenvalue weighted by Crippen LogP contribution is 2.23. The minimum Gasteiger partial charge on any atom is -0.0999 e. The molecule has 0 heterocycles. The van der Waals surface area contributed by atoms with Gasteiger partial charge in [-0.05, 0) is 31.6 Å². The monoisotopic (exact) mass is 138 g/mol. The molecule has 0 N–H and O–H groups in total. The molecule has 0 aromatic rings. The van der Waals surface area contributed by atoms with Crippen LogP contribution in [0.1, 0.15) is 45.4 Å². The van der Waals surface area contributed by atoms with E-state index in [4.69, 9.17) is 0 Å². The standard InChI is InChI=1S/C10H18/c1-9-5-3-7-10(2)8-4-6-9/h10H,1,3-8H2,2H3. The summed E-state index contributed by atoms with van der Waals surface area (Å²) in [5.74, 6) is 0.966. The lowest BCUT2D eigenvalue weighted by atomic mass is 9.91. The van der Waals surface area contributed by atoms with E-state index in [2.05, 4.69) is 13.5 Å². The van der Waals surface area contributed by atoms with E-state index in [-0.39, 0.29) is 0 Å². The van der Waals surface area contributed by atoms with E-state index in [9.17, 15) is 0 Å². The van der Waals surface area contributed by atoms with Crippen molar-refractivity contribution < 1.29 is 0 Å². The van der Waals surface area contributed by atoms with Gasteiger partial charge in [-0.2, -0.15) is 0 Å². The van der Waals surface area contributed by atoms with Gasteiger partial charge in [0.25, 0.3) is 0 Å². The Morgan fingerprint density at radius 2 is 1.70 bits per heavy atom. The van der Waals surface area contributed by atoms with Crippen LogP contribution in [0.25, 0.3) is 0 Å². The minimum absolute atomic E-state index is 0.966. The molecule has 0 amide bonds. The van der Waals surface area contributed by atoms with Gasteiger partial charge in [-0.25, -0.2) is 0 Å². The maximum atomic E-state index is 4.04. The first-order valence-corrected chi connectivity index (χ1v) is 4.45. The second kappa shape index (κ2) is 3.80. The van der Waals surface area contributed by atoms with Crippen molar-refractivity contribution in [2.24, 2.45) is 5.92 Å². The third kappa shape index (κ3) is 2.55. The molecule has 0 aromatic carbocycles. The number of hydrogen-bond donors (Lipinski definition) is 0. The highest BCUT2D eigenvalue weighted by atomic mass is 14.1. The molecular weight excluding hydrogens is 120 g/mol. The van der Waals surface area contributed by atoms with E-state index in [0.29, 0.717) is 0 Å². The quantitative estimate of drug-likeness (QED) is 0.449. The van der Waals surface area contributed by atoms with Gasteiger partial charge in [0, 0.05) is 0 Å². The fraction of sp³-hybridized carbons (Fsp3) is 0.800. The lowest BCUT2D eigenvalue weighted by molar-refractivity contribution is 0.437. The number of hydrogen-bond acceptors (Lipinski definition) is 0. The van der Waals surface area contributed by atoms with Crippen molar-refractivity contribution in [1.29, 1.82) is 0 Å². The summed E-state index contributed by atoms with van der Waals surface area (Å²) in [4.78, 5) is 0. The summed E-state index contributed by atoms with van der Waals surface area (Å²) in [5, 5.41) is 0. The first-order chi connectivity index (χ1) is 4.79. The van der Waals surface area contributed by atoms with Gasteiger partial charge >= 0.3 is 0 Å². The third-order valence-electron chi connectivity index (χ3n) is 2.45. The molecule has 0 aromatic heterocycles. The maximum Gasteiger partial charge on any atom is -0.0323 e. The van der Waals surface area contributed by atoms with Gasteiger partial charge in [-0.3, -0.25) is 0 Å². The first kappa shape index (κ1) is 7.84. The largest absolute Gasteiger partial charge is 0.0999 e. The molecule has 1 aliphatic rings. The van der Waals surface area contributed by atoms with Crippen molar-refractivity contribution in [3.63, 3.8) is 0 Å². The van der Waals surface area contributed by atoms with Gasteiger partial charge in [-0.1, -0.05) is 31.9 Å². The smallest absolute Gasteiger partial charge is 0.0323 e. The van der Waals surface area contributed by atoms with Crippen molar-refractivity contribution in [1.82, 2.24) is 0 Å². The van der Waals surface area contributed by atoms with E-state index in [1.807, 2.05) is 0 Å². The second-order valence-corrected chi connectivity index (χ2v) is 3.64. The predicted octanol–water partition coefficient (Wildman–Crippen LogP) is 3.53. The van der Waals surface area contributed by atoms with Gasteiger partial charge in [0.1, 0.15) is 0 Å². The number of allylic oxidation sites excluding steroid dienone is 1. The van der Waals surface area contributed by atoms with Crippen LogP contribution in [0, 0.1) is 5.92 Å². The van der Waals surface area contributed by atoms with Crippen molar-refractivity contribution in [3.05, 3.63) is 12.2 Å². The molecule has 10 heavy (non-hydrogen) atoms. The Balaban J connectivity index is 2.27. The van der Waals surface area contributed by atoms with Crippen LogP contribution in [-0.4, -0.2) is 0 Å². The molecule has 0 bridgehead atoms. The summed E-state index contributed by atoms with van der Waals surface area (Å²) in [5.41, 5.74) is 1.48. The van der Waals surface area contributed by atoms with Gasteiger partial charge in [0.15, 0.2) is 0 Å². The Labute approximate surface area is 64.3 Å². The van der Waals surface area contributed by atoms with Gasteiger partial charge in [0.2, 0.25) is 0 Å². The van der Waals surface area contributed by atoms with Crippen molar-refractivity contribution in [3.8, 4) is 0 Å². The molecule has 58 valence electrons. The molecule has 0 unspecified atom stereocenters. The van der Waals surface area contributed by atoms with Crippen LogP contribution in [0.3, 0.4) is 0 Å². The molecule has 0 nitrogen and oxygen atoms in total. The predicted molar refractivity (Wildman–Crippen MR) is 46.0 cm³/mol. The summed E-state index contributed by atoms with van der Waals surface area (Å²) in [6.07, 6.45) is 8.15. The summed E-state index contributed by atoms with van der Waals surface area (Å²) >= 11 is 0. The first-order valence-electron chi connectivity index (χ1n) is 4.45. The van der Waals surface area contributed by atoms with E-state index in [0.717, 1.165) is 5.92 Å². The zero-order valence-electron chi connectivity index (χ0n) is 7.03. The highest BCUT2D eigenvalue weighted by molar-refractivity contribution is 4.94. The fourth-order valence-corrected chi connectivity index (χ4v) is 1.67. The van der Waals surface area contributed by atoms with Crippen LogP contribution in [0.15, 0.2) is 12.2 Å². The summed E-state index contributed by atoms with van der Waals surface area (Å²) in [7, 11) is 0. The van der Waals surface area contributed by atoms with E-state index in [1.165, 1.54) is 44.1 Å². The van der Waals surface area contributed by atoms with Crippen molar-refractivity contribution >= 4 is 0 Å². The van der Waals surface area contributed by atoms with E-state index in [1.54, 1.807) is 0 Å². The topological polar surface area (TPSA) is 0 Å². The van der Waals surface area contributed by atoms with Gasteiger partial charge < -0.3 is 0 Å². The summed E-state index contributed by atoms with van der Waals surface area (Å²) < 4.78 is 0. The summed E-state index contributed by atoms with van der Waals surface area (Å²) in [6.45, 7) is 6.41. The Morgan fingerprint density at radius 1 is 1.20 bits per heavy atom. The molecule has 1 fully saturated rings. The fourth-order valence-electron chi connectivity index (χ4n) is 1.67. The van der Waals surface area contributed by atoms with Crippen LogP contribution in [0.4, 0.5) is 0 Å². The second-order valence-electron chi connectivity index (χ2n) is 3.64. The van der Waals surface area contributed by atoms with E-state index >= 15 is 0 Å². The average Bonchev–Trinajstić information content (AvgIpc) is 1.84. The van der Waals surface area contributed by atoms with Crippen LogP contribution < -0.4 is 0 Å². The van der Waals surface area contributed by atoms with Crippen molar-refractivity contribution in [2.75, 3.05) is 0 Å². The van der Waals surface area contributed by atoms with Crippen LogP contribution in [0.2, 0.25) is 0 Å². The molecular formula is C10H18. The normalized spacial score (nSPS) is 23.9. The number of rotatable bonds is 0. The molecule has 1 saturated carbocycles. The molecule has 0 aliphatic heterocycles. The molecule has 1 aliphatic carbocycles. The summed E-state index contributed by atoms with van der Waals surface area (Å²) in [6, 6.07) is 0. The highest BCUT2D eigenvalue weighted by Gasteiger charge is 2.06. The SMILES string of the molecule is C=C1CCCC(C)CCC1. The molecule has 1 rings (SSSR count). The van der Waals surface area contributed by atoms with Crippen LogP contribution in [-0.2, 0) is 0 Å². The lowest BCUT2D eigenvalue weighted by Crippen LogP contribution is -1.99. The zero-order valence-corrected chi connectivity index (χ0v) is 7.03. The Morgan fingerprint density at radius 3 is 2.20 bits per heavy atom. The molecule has 0 radical (unpaired) electrons. The van der Waals surface area contributed by atoms with Gasteiger partial charge in [-0.15, -0.1) is 0 Å². The maximum absolute atomic E-state index is 4.04. The zero-order chi connectivity index (χ0) is 7.40. The molecule has 0 spiro atoms. The Kier molecular flexibility index (Phi) is 2.98. The molecule has 0 atom stereocenters. The Bertz CT molecular complexity index is 101. The average molecular weight is 138 g/mol. The molecule has 0 saturated heterocycles. The van der Waals surface area contributed by atoms with Crippen molar-refractivity contribution in [2.45, 2.75) is 45.4 Å². The van der Waals surface area contributed by atoms with E-state index < -0.39 is 0 Å². The third-order valence-corrected chi connectivity index (χ3v) is 2.45. The Hall–Kier alpha value is -0.260. The minimum atomic E-state index is 0.966. The van der Waals surface area contributed by atoms with Crippen LogP contribution in [0.5, 0.6) is 0 Å². The van der Waals surface area contributed by atoms with Crippen LogP contribution >= 0.6 is 0 Å².